The number of carbonyl (C=O) groups excluding carboxylic acids is 2. The SMILES string of the molecule is CNc1cc(C(=O)NC2CCC(=O)NC2)cc(C)n1. The summed E-state index contributed by atoms with van der Waals surface area (Å²) in [6.45, 7) is 2.34. The van der Waals surface area contributed by atoms with Crippen LogP contribution in [0.1, 0.15) is 28.9 Å². The zero-order chi connectivity index (χ0) is 13.8. The minimum absolute atomic E-state index is 0.00305. The maximum absolute atomic E-state index is 12.1. The van der Waals surface area contributed by atoms with Gasteiger partial charge in [-0.3, -0.25) is 9.59 Å². The van der Waals surface area contributed by atoms with Crippen LogP contribution in [-0.4, -0.2) is 36.4 Å². The Kier molecular flexibility index (Phi) is 3.99. The molecule has 1 aliphatic rings. The van der Waals surface area contributed by atoms with Crippen LogP contribution in [-0.2, 0) is 4.79 Å². The molecule has 1 saturated heterocycles. The summed E-state index contributed by atoms with van der Waals surface area (Å²) in [5, 5.41) is 8.59. The lowest BCUT2D eigenvalue weighted by Crippen LogP contribution is -2.47. The first-order valence-corrected chi connectivity index (χ1v) is 6.32. The fourth-order valence-electron chi connectivity index (χ4n) is 2.05. The van der Waals surface area contributed by atoms with E-state index >= 15 is 0 Å². The summed E-state index contributed by atoms with van der Waals surface area (Å²) in [5.41, 5.74) is 1.36. The Morgan fingerprint density at radius 3 is 2.89 bits per heavy atom. The molecule has 6 heteroatoms. The molecule has 102 valence electrons. The van der Waals surface area contributed by atoms with Crippen LogP contribution < -0.4 is 16.0 Å². The number of carbonyl (C=O) groups is 2. The summed E-state index contributed by atoms with van der Waals surface area (Å²) < 4.78 is 0. The quantitative estimate of drug-likeness (QED) is 0.738. The zero-order valence-electron chi connectivity index (χ0n) is 11.1. The van der Waals surface area contributed by atoms with Crippen molar-refractivity contribution >= 4 is 17.6 Å². The highest BCUT2D eigenvalue weighted by atomic mass is 16.2. The molecule has 19 heavy (non-hydrogen) atoms. The van der Waals surface area contributed by atoms with E-state index in [9.17, 15) is 9.59 Å². The van der Waals surface area contributed by atoms with E-state index in [4.69, 9.17) is 0 Å². The Bertz CT molecular complexity index is 491. The molecule has 1 unspecified atom stereocenters. The van der Waals surface area contributed by atoms with Gasteiger partial charge in [-0.15, -0.1) is 0 Å². The van der Waals surface area contributed by atoms with E-state index in [-0.39, 0.29) is 17.9 Å². The molecule has 0 bridgehead atoms. The van der Waals surface area contributed by atoms with Crippen LogP contribution in [0.2, 0.25) is 0 Å². The molecule has 2 heterocycles. The van der Waals surface area contributed by atoms with E-state index in [1.54, 1.807) is 19.2 Å². The summed E-state index contributed by atoms with van der Waals surface area (Å²) in [5.74, 6) is 0.577. The van der Waals surface area contributed by atoms with E-state index < -0.39 is 0 Å². The predicted molar refractivity (Wildman–Crippen MR) is 72.0 cm³/mol. The van der Waals surface area contributed by atoms with Crippen molar-refractivity contribution in [1.82, 2.24) is 15.6 Å². The zero-order valence-corrected chi connectivity index (χ0v) is 11.1. The van der Waals surface area contributed by atoms with Crippen molar-refractivity contribution in [2.75, 3.05) is 18.9 Å². The van der Waals surface area contributed by atoms with Gasteiger partial charge in [-0.1, -0.05) is 0 Å². The first kappa shape index (κ1) is 13.3. The van der Waals surface area contributed by atoms with Gasteiger partial charge in [-0.05, 0) is 25.5 Å². The van der Waals surface area contributed by atoms with Crippen molar-refractivity contribution in [1.29, 1.82) is 0 Å². The molecule has 6 nitrogen and oxygen atoms in total. The van der Waals surface area contributed by atoms with E-state index in [1.165, 1.54) is 0 Å². The molecule has 2 rings (SSSR count). The highest BCUT2D eigenvalue weighted by Gasteiger charge is 2.20. The second-order valence-corrected chi connectivity index (χ2v) is 4.65. The second-order valence-electron chi connectivity index (χ2n) is 4.65. The number of pyridine rings is 1. The predicted octanol–water partition coefficient (Wildman–Crippen LogP) is 0.440. The number of hydrogen-bond donors (Lipinski definition) is 3. The molecular formula is C13H18N4O2. The third-order valence-corrected chi connectivity index (χ3v) is 3.07. The van der Waals surface area contributed by atoms with Crippen molar-refractivity contribution in [2.24, 2.45) is 0 Å². The number of hydrogen-bond acceptors (Lipinski definition) is 4. The second kappa shape index (κ2) is 5.69. The van der Waals surface area contributed by atoms with Crippen LogP contribution in [0, 0.1) is 6.92 Å². The number of anilines is 1. The van der Waals surface area contributed by atoms with E-state index in [1.807, 2.05) is 6.92 Å². The summed E-state index contributed by atoms with van der Waals surface area (Å²) in [6.07, 6.45) is 1.14. The van der Waals surface area contributed by atoms with Crippen LogP contribution in [0.4, 0.5) is 5.82 Å². The first-order chi connectivity index (χ1) is 9.08. The van der Waals surface area contributed by atoms with Crippen molar-refractivity contribution in [3.05, 3.63) is 23.4 Å². The van der Waals surface area contributed by atoms with E-state index in [0.29, 0.717) is 30.8 Å². The molecule has 2 amide bonds. The van der Waals surface area contributed by atoms with Crippen molar-refractivity contribution in [3.8, 4) is 0 Å². The van der Waals surface area contributed by atoms with Gasteiger partial charge in [-0.2, -0.15) is 0 Å². The molecule has 1 aromatic heterocycles. The smallest absolute Gasteiger partial charge is 0.251 e. The van der Waals surface area contributed by atoms with Crippen molar-refractivity contribution in [3.63, 3.8) is 0 Å². The van der Waals surface area contributed by atoms with Gasteiger partial charge in [0.1, 0.15) is 5.82 Å². The maximum Gasteiger partial charge on any atom is 0.251 e. The Morgan fingerprint density at radius 2 is 2.26 bits per heavy atom. The Morgan fingerprint density at radius 1 is 1.47 bits per heavy atom. The van der Waals surface area contributed by atoms with Crippen LogP contribution in [0.3, 0.4) is 0 Å². The molecule has 0 saturated carbocycles. The number of nitrogens with zero attached hydrogens (tertiary/aromatic N) is 1. The molecule has 0 spiro atoms. The number of aryl methyl sites for hydroxylation is 1. The van der Waals surface area contributed by atoms with Crippen LogP contribution in [0.5, 0.6) is 0 Å². The summed E-state index contributed by atoms with van der Waals surface area (Å²) in [4.78, 5) is 27.4. The Hall–Kier alpha value is -2.11. The van der Waals surface area contributed by atoms with E-state index in [0.717, 1.165) is 5.69 Å². The lowest BCUT2D eigenvalue weighted by Gasteiger charge is -2.23. The first-order valence-electron chi connectivity index (χ1n) is 6.32. The van der Waals surface area contributed by atoms with Crippen molar-refractivity contribution in [2.45, 2.75) is 25.8 Å². The fourth-order valence-corrected chi connectivity index (χ4v) is 2.05. The topological polar surface area (TPSA) is 83.1 Å². The molecule has 1 aromatic rings. The molecule has 0 aromatic carbocycles. The highest BCUT2D eigenvalue weighted by molar-refractivity contribution is 5.95. The monoisotopic (exact) mass is 262 g/mol. The number of aromatic nitrogens is 1. The Balaban J connectivity index is 2.03. The van der Waals surface area contributed by atoms with Gasteiger partial charge >= 0.3 is 0 Å². The summed E-state index contributed by atoms with van der Waals surface area (Å²) >= 11 is 0. The largest absolute Gasteiger partial charge is 0.373 e. The number of rotatable bonds is 3. The number of amides is 2. The van der Waals surface area contributed by atoms with Crippen LogP contribution >= 0.6 is 0 Å². The van der Waals surface area contributed by atoms with Crippen LogP contribution in [0.25, 0.3) is 0 Å². The molecular weight excluding hydrogens is 244 g/mol. The Labute approximate surface area is 112 Å². The van der Waals surface area contributed by atoms with E-state index in [2.05, 4.69) is 20.9 Å². The normalized spacial score (nSPS) is 18.6. The molecule has 1 atom stereocenters. The van der Waals surface area contributed by atoms with Crippen molar-refractivity contribution < 1.29 is 9.59 Å². The lowest BCUT2D eigenvalue weighted by atomic mass is 10.1. The summed E-state index contributed by atoms with van der Waals surface area (Å²) in [6, 6.07) is 3.46. The van der Waals surface area contributed by atoms with Gasteiger partial charge in [0.15, 0.2) is 0 Å². The minimum atomic E-state index is -0.136. The number of nitrogens with one attached hydrogen (secondary N) is 3. The minimum Gasteiger partial charge on any atom is -0.373 e. The maximum atomic E-state index is 12.1. The lowest BCUT2D eigenvalue weighted by molar-refractivity contribution is -0.122. The van der Waals surface area contributed by atoms with Gasteiger partial charge in [0.2, 0.25) is 5.91 Å². The molecule has 1 aliphatic heterocycles. The van der Waals surface area contributed by atoms with Gasteiger partial charge in [0, 0.05) is 37.3 Å². The third kappa shape index (κ3) is 3.43. The summed E-state index contributed by atoms with van der Waals surface area (Å²) in [7, 11) is 1.76. The van der Waals surface area contributed by atoms with Gasteiger partial charge in [-0.25, -0.2) is 4.98 Å². The van der Waals surface area contributed by atoms with Crippen LogP contribution in [0.15, 0.2) is 12.1 Å². The standard InChI is InChI=1S/C13H18N4O2/c1-8-5-9(6-11(14-2)16-8)13(19)17-10-3-4-12(18)15-7-10/h5-6,10H,3-4,7H2,1-2H3,(H,14,16)(H,15,18)(H,17,19). The molecule has 3 N–H and O–H groups in total. The van der Waals surface area contributed by atoms with Gasteiger partial charge in [0.05, 0.1) is 0 Å². The average Bonchev–Trinajstić information content (AvgIpc) is 2.40. The molecule has 1 fully saturated rings. The fraction of sp³-hybridized carbons (Fsp3) is 0.462. The average molecular weight is 262 g/mol. The van der Waals surface area contributed by atoms with Gasteiger partial charge < -0.3 is 16.0 Å². The van der Waals surface area contributed by atoms with Gasteiger partial charge in [0.25, 0.3) is 5.91 Å². The third-order valence-electron chi connectivity index (χ3n) is 3.07. The number of piperidine rings is 1. The highest BCUT2D eigenvalue weighted by Crippen LogP contribution is 2.11. The molecule has 0 aliphatic carbocycles. The molecule has 0 radical (unpaired) electrons.